The molecule has 1 aliphatic rings. The summed E-state index contributed by atoms with van der Waals surface area (Å²) in [7, 11) is 1.30. The summed E-state index contributed by atoms with van der Waals surface area (Å²) in [6.07, 6.45) is 0. The Hall–Kier alpha value is -2.11. The van der Waals surface area contributed by atoms with E-state index in [0.29, 0.717) is 23.1 Å². The number of hydrogen-bond acceptors (Lipinski definition) is 5. The normalized spacial score (nSPS) is 21.9. The van der Waals surface area contributed by atoms with Crippen molar-refractivity contribution in [3.8, 4) is 0 Å². The summed E-state index contributed by atoms with van der Waals surface area (Å²) in [5.74, 6) is 0.453. The van der Waals surface area contributed by atoms with E-state index in [2.05, 4.69) is 18.6 Å². The van der Waals surface area contributed by atoms with Crippen LogP contribution in [0.2, 0.25) is 0 Å². The second-order valence-electron chi connectivity index (χ2n) is 5.31. The second kappa shape index (κ2) is 5.48. The van der Waals surface area contributed by atoms with E-state index in [1.54, 1.807) is 6.07 Å². The van der Waals surface area contributed by atoms with Crippen LogP contribution in [0.1, 0.15) is 24.2 Å². The molecule has 2 rings (SSSR count). The molecule has 1 aliphatic heterocycles. The van der Waals surface area contributed by atoms with Crippen LogP contribution in [-0.2, 0) is 4.74 Å². The minimum Gasteiger partial charge on any atom is -0.465 e. The van der Waals surface area contributed by atoms with Gasteiger partial charge in [-0.1, -0.05) is 13.8 Å². The van der Waals surface area contributed by atoms with Gasteiger partial charge >= 0.3 is 5.97 Å². The summed E-state index contributed by atoms with van der Waals surface area (Å²) < 4.78 is 4.67. The van der Waals surface area contributed by atoms with Crippen LogP contribution in [0.4, 0.5) is 11.4 Å². The lowest BCUT2D eigenvalue weighted by Crippen LogP contribution is -2.21. The first-order valence-electron chi connectivity index (χ1n) is 6.55. The number of carbonyl (C=O) groups is 1. The largest absolute Gasteiger partial charge is 0.465 e. The Labute approximate surface area is 117 Å². The van der Waals surface area contributed by atoms with Crippen molar-refractivity contribution in [1.29, 1.82) is 0 Å². The molecular weight excluding hydrogens is 260 g/mol. The number of hydrogen-bond donors (Lipinski definition) is 0. The van der Waals surface area contributed by atoms with Crippen molar-refractivity contribution in [2.75, 3.05) is 25.1 Å². The molecule has 20 heavy (non-hydrogen) atoms. The molecule has 0 bridgehead atoms. The zero-order chi connectivity index (χ0) is 14.9. The van der Waals surface area contributed by atoms with E-state index in [-0.39, 0.29) is 5.69 Å². The average molecular weight is 278 g/mol. The van der Waals surface area contributed by atoms with E-state index in [1.165, 1.54) is 19.2 Å². The molecule has 6 nitrogen and oxygen atoms in total. The predicted octanol–water partition coefficient (Wildman–Crippen LogP) is 2.47. The molecule has 2 atom stereocenters. The minimum absolute atomic E-state index is 0.0268. The molecule has 0 N–H and O–H groups in total. The monoisotopic (exact) mass is 278 g/mol. The topological polar surface area (TPSA) is 72.7 Å². The molecule has 0 aliphatic carbocycles. The average Bonchev–Trinajstić information content (AvgIpc) is 2.77. The van der Waals surface area contributed by atoms with E-state index < -0.39 is 10.9 Å². The van der Waals surface area contributed by atoms with Gasteiger partial charge in [0.25, 0.3) is 5.69 Å². The van der Waals surface area contributed by atoms with Crippen LogP contribution in [0, 0.1) is 22.0 Å². The summed E-state index contributed by atoms with van der Waals surface area (Å²) >= 11 is 0. The predicted molar refractivity (Wildman–Crippen MR) is 75.0 cm³/mol. The Morgan fingerprint density at radius 2 is 1.95 bits per heavy atom. The van der Waals surface area contributed by atoms with Crippen LogP contribution < -0.4 is 4.90 Å². The summed E-state index contributed by atoms with van der Waals surface area (Å²) in [5, 5.41) is 11.2. The number of benzene rings is 1. The van der Waals surface area contributed by atoms with E-state index in [0.717, 1.165) is 13.1 Å². The van der Waals surface area contributed by atoms with E-state index >= 15 is 0 Å². The van der Waals surface area contributed by atoms with Crippen LogP contribution in [0.15, 0.2) is 18.2 Å². The second-order valence-corrected chi connectivity index (χ2v) is 5.31. The number of nitrogens with zero attached hydrogens (tertiary/aromatic N) is 2. The zero-order valence-corrected chi connectivity index (χ0v) is 11.8. The number of nitro groups is 1. The highest BCUT2D eigenvalue weighted by Gasteiger charge is 2.30. The first-order chi connectivity index (χ1) is 9.43. The first kappa shape index (κ1) is 14.3. The molecule has 0 radical (unpaired) electrons. The fraction of sp³-hybridized carbons (Fsp3) is 0.500. The molecule has 1 saturated heterocycles. The third kappa shape index (κ3) is 2.59. The van der Waals surface area contributed by atoms with Gasteiger partial charge in [0.2, 0.25) is 0 Å². The quantitative estimate of drug-likeness (QED) is 0.482. The zero-order valence-electron chi connectivity index (χ0n) is 11.8. The molecule has 1 heterocycles. The summed E-state index contributed by atoms with van der Waals surface area (Å²) in [4.78, 5) is 24.3. The van der Waals surface area contributed by atoms with E-state index in [1.807, 2.05) is 4.90 Å². The number of esters is 1. The molecule has 6 heteroatoms. The van der Waals surface area contributed by atoms with E-state index in [4.69, 9.17) is 0 Å². The van der Waals surface area contributed by atoms with Crippen LogP contribution in [0.5, 0.6) is 0 Å². The van der Waals surface area contributed by atoms with Crippen molar-refractivity contribution in [2.45, 2.75) is 13.8 Å². The molecule has 0 amide bonds. The maximum Gasteiger partial charge on any atom is 0.337 e. The Morgan fingerprint density at radius 1 is 1.35 bits per heavy atom. The molecular formula is C14H18N2O4. The van der Waals surface area contributed by atoms with Crippen molar-refractivity contribution in [3.05, 3.63) is 33.9 Å². The molecule has 0 spiro atoms. The Bertz CT molecular complexity index is 534. The number of anilines is 1. The van der Waals surface area contributed by atoms with E-state index in [9.17, 15) is 14.9 Å². The molecule has 0 aromatic heterocycles. The Balaban J connectivity index is 2.42. The third-order valence-electron chi connectivity index (χ3n) is 3.92. The van der Waals surface area contributed by atoms with Gasteiger partial charge < -0.3 is 9.64 Å². The van der Waals surface area contributed by atoms with Crippen molar-refractivity contribution in [1.82, 2.24) is 0 Å². The fourth-order valence-electron chi connectivity index (χ4n) is 2.50. The van der Waals surface area contributed by atoms with Gasteiger partial charge in [0.05, 0.1) is 17.6 Å². The van der Waals surface area contributed by atoms with Crippen molar-refractivity contribution < 1.29 is 14.5 Å². The Morgan fingerprint density at radius 3 is 2.45 bits per heavy atom. The van der Waals surface area contributed by atoms with Crippen LogP contribution in [-0.4, -0.2) is 31.1 Å². The van der Waals surface area contributed by atoms with Crippen LogP contribution in [0.25, 0.3) is 0 Å². The summed E-state index contributed by atoms with van der Waals surface area (Å²) in [6, 6.07) is 4.35. The molecule has 1 fully saturated rings. The fourth-order valence-corrected chi connectivity index (χ4v) is 2.50. The highest BCUT2D eigenvalue weighted by atomic mass is 16.6. The minimum atomic E-state index is -0.485. The lowest BCUT2D eigenvalue weighted by Gasteiger charge is -2.18. The maximum absolute atomic E-state index is 11.6. The van der Waals surface area contributed by atoms with Gasteiger partial charge in [-0.2, -0.15) is 0 Å². The highest BCUT2D eigenvalue weighted by molar-refractivity contribution is 5.91. The van der Waals surface area contributed by atoms with Crippen molar-refractivity contribution in [3.63, 3.8) is 0 Å². The van der Waals surface area contributed by atoms with Gasteiger partial charge in [0.15, 0.2) is 0 Å². The Kier molecular flexibility index (Phi) is 3.92. The van der Waals surface area contributed by atoms with Gasteiger partial charge in [-0.25, -0.2) is 4.79 Å². The maximum atomic E-state index is 11.6. The summed E-state index contributed by atoms with van der Waals surface area (Å²) in [6.45, 7) is 5.76. The summed E-state index contributed by atoms with van der Waals surface area (Å²) in [5.41, 5.74) is 0.855. The number of nitro benzene ring substituents is 1. The molecule has 108 valence electrons. The van der Waals surface area contributed by atoms with Gasteiger partial charge in [-0.05, 0) is 24.0 Å². The van der Waals surface area contributed by atoms with Crippen molar-refractivity contribution in [2.24, 2.45) is 11.8 Å². The highest BCUT2D eigenvalue weighted by Crippen LogP contribution is 2.35. The van der Waals surface area contributed by atoms with Crippen molar-refractivity contribution >= 4 is 17.3 Å². The van der Waals surface area contributed by atoms with Gasteiger partial charge in [-0.15, -0.1) is 0 Å². The number of methoxy groups -OCH3 is 1. The third-order valence-corrected chi connectivity index (χ3v) is 3.92. The van der Waals surface area contributed by atoms with Crippen LogP contribution >= 0.6 is 0 Å². The van der Waals surface area contributed by atoms with Gasteiger partial charge in [0.1, 0.15) is 5.69 Å². The lowest BCUT2D eigenvalue weighted by atomic mass is 10.0. The SMILES string of the molecule is COC(=O)c1ccc([N+](=O)[O-])c(N2CC(C)C(C)C2)c1. The number of rotatable bonds is 3. The molecule has 1 aromatic rings. The molecule has 2 unspecified atom stereocenters. The molecule has 0 saturated carbocycles. The first-order valence-corrected chi connectivity index (χ1v) is 6.55. The van der Waals surface area contributed by atoms with Gasteiger partial charge in [0, 0.05) is 19.2 Å². The standard InChI is InChI=1S/C14H18N2O4/c1-9-7-15(8-10(9)2)13-6-11(14(17)20-3)4-5-12(13)16(18)19/h4-6,9-10H,7-8H2,1-3H3. The van der Waals surface area contributed by atoms with Gasteiger partial charge in [-0.3, -0.25) is 10.1 Å². The smallest absolute Gasteiger partial charge is 0.337 e. The lowest BCUT2D eigenvalue weighted by molar-refractivity contribution is -0.384. The number of carbonyl (C=O) groups excluding carboxylic acids is 1. The molecule has 1 aromatic carbocycles. The number of ether oxygens (including phenoxy) is 1. The van der Waals surface area contributed by atoms with Crippen LogP contribution in [0.3, 0.4) is 0 Å².